The van der Waals surface area contributed by atoms with Crippen LogP contribution in [0.5, 0.6) is 5.75 Å². The van der Waals surface area contributed by atoms with E-state index in [1.54, 1.807) is 18.6 Å². The molecule has 1 aromatic carbocycles. The van der Waals surface area contributed by atoms with Crippen molar-refractivity contribution in [3.8, 4) is 5.75 Å². The third-order valence-corrected chi connectivity index (χ3v) is 6.01. The van der Waals surface area contributed by atoms with Crippen molar-refractivity contribution in [1.82, 2.24) is 5.48 Å². The topological polar surface area (TPSA) is 30.5 Å². The third-order valence-electron chi connectivity index (χ3n) is 6.01. The van der Waals surface area contributed by atoms with Gasteiger partial charge < -0.3 is 16.0 Å². The van der Waals surface area contributed by atoms with E-state index in [-0.39, 0.29) is 36.9 Å². The molecule has 7 heteroatoms. The van der Waals surface area contributed by atoms with Crippen LogP contribution in [-0.2, 0) is 4.84 Å². The van der Waals surface area contributed by atoms with Crippen molar-refractivity contribution in [2.24, 2.45) is 17.8 Å². The van der Waals surface area contributed by atoms with Crippen LogP contribution in [-0.4, -0.2) is 6.36 Å². The van der Waals surface area contributed by atoms with Crippen LogP contribution in [0.15, 0.2) is 35.6 Å². The zero-order chi connectivity index (χ0) is 19.7. The van der Waals surface area contributed by atoms with E-state index in [9.17, 15) is 13.2 Å². The molecule has 29 heavy (non-hydrogen) atoms. The van der Waals surface area contributed by atoms with Crippen molar-refractivity contribution < 1.29 is 53.9 Å². The van der Waals surface area contributed by atoms with Gasteiger partial charge in [0.05, 0.1) is 6.04 Å². The number of hydrogen-bond acceptors (Lipinski definition) is 3. The number of hydroxylamine groups is 1. The van der Waals surface area contributed by atoms with Gasteiger partial charge in [0, 0.05) is 5.56 Å². The molecule has 156 valence electrons. The minimum Gasteiger partial charge on any atom is -0.500 e. The summed E-state index contributed by atoms with van der Waals surface area (Å²) in [5.41, 5.74) is 3.77. The molecule has 1 heterocycles. The Morgan fingerprint density at radius 3 is 2.31 bits per heavy atom. The Morgan fingerprint density at radius 2 is 1.72 bits per heavy atom. The number of halogens is 3. The van der Waals surface area contributed by atoms with Crippen LogP contribution >= 0.6 is 0 Å². The molecular weight excluding hydrogens is 605 g/mol. The molecule has 1 N–H and O–H groups in total. The predicted octanol–water partition coefficient (Wildman–Crippen LogP) is 6.06. The number of rotatable bonds is 3. The van der Waals surface area contributed by atoms with Crippen LogP contribution in [0.25, 0.3) is 0 Å². The van der Waals surface area contributed by atoms with Crippen LogP contribution in [0, 0.1) is 62.2 Å². The quantitative estimate of drug-likeness (QED) is 0.412. The van der Waals surface area contributed by atoms with Gasteiger partial charge in [0.25, 0.3) is 0 Å². The largest absolute Gasteiger partial charge is 2.00 e. The van der Waals surface area contributed by atoms with Crippen LogP contribution in [0.4, 0.5) is 13.2 Å². The van der Waals surface area contributed by atoms with Gasteiger partial charge in [-0.15, -0.1) is 13.2 Å². The van der Waals surface area contributed by atoms with Crippen molar-refractivity contribution in [1.29, 1.82) is 0 Å². The van der Waals surface area contributed by atoms with Crippen molar-refractivity contribution >= 4 is 0 Å². The van der Waals surface area contributed by atoms with Crippen molar-refractivity contribution in [2.45, 2.75) is 57.3 Å². The van der Waals surface area contributed by atoms with E-state index in [0.29, 0.717) is 17.1 Å². The molecule has 0 spiro atoms. The summed E-state index contributed by atoms with van der Waals surface area (Å²) < 4.78 is 41.3. The van der Waals surface area contributed by atoms with Gasteiger partial charge in [-0.2, -0.15) is 23.9 Å². The van der Waals surface area contributed by atoms with Crippen LogP contribution in [0.1, 0.15) is 56.6 Å². The van der Waals surface area contributed by atoms with Crippen molar-refractivity contribution in [2.75, 3.05) is 0 Å². The maximum absolute atomic E-state index is 12.4. The molecule has 4 aliphatic rings. The molecule has 1 aliphatic heterocycles. The molecule has 3 unspecified atom stereocenters. The molecule has 0 aromatic heterocycles. The fourth-order valence-corrected chi connectivity index (χ4v) is 4.45. The Hall–Kier alpha value is -0.768. The summed E-state index contributed by atoms with van der Waals surface area (Å²) in [5, 5.41) is 0. The van der Waals surface area contributed by atoms with E-state index in [1.165, 1.54) is 37.8 Å². The van der Waals surface area contributed by atoms with Crippen molar-refractivity contribution in [3.05, 3.63) is 54.5 Å². The second-order valence-electron chi connectivity index (χ2n) is 8.21. The number of alkyl halides is 3. The van der Waals surface area contributed by atoms with Crippen LogP contribution in [0.3, 0.4) is 0 Å². The average Bonchev–Trinajstić information content (AvgIpc) is 3.35. The standard InChI is InChI=1S/C14H13F3NO2.C8H13.U/c1-8-12(18-20-13(8)9-6-7-9)10-4-2-3-5-11(10)19-14(15,16)17;1-2-7-4-5-8(3-1)6-7;/h2-5,9,12,18H,1,6-7H2;1,7-8H,2-6H2;/q2*-1;+2. The average molecular weight is 631 g/mol. The van der Waals surface area contributed by atoms with Gasteiger partial charge in [-0.3, -0.25) is 0 Å². The summed E-state index contributed by atoms with van der Waals surface area (Å²) in [4.78, 5) is 5.37. The van der Waals surface area contributed by atoms with Gasteiger partial charge in [0.2, 0.25) is 0 Å². The zero-order valence-corrected chi connectivity index (χ0v) is 20.5. The first-order chi connectivity index (χ1) is 13.4. The first-order valence-corrected chi connectivity index (χ1v) is 10.1. The molecule has 3 atom stereocenters. The van der Waals surface area contributed by atoms with Gasteiger partial charge in [0.15, 0.2) is 0 Å². The first-order valence-electron chi connectivity index (χ1n) is 10.1. The number of benzene rings is 1. The van der Waals surface area contributed by atoms with E-state index < -0.39 is 12.4 Å². The summed E-state index contributed by atoms with van der Waals surface area (Å²) in [7, 11) is 0. The fourth-order valence-electron chi connectivity index (χ4n) is 4.45. The smallest absolute Gasteiger partial charge is 0.500 e. The molecule has 3 nitrogen and oxygen atoms in total. The second kappa shape index (κ2) is 9.58. The molecule has 0 radical (unpaired) electrons. The van der Waals surface area contributed by atoms with Gasteiger partial charge in [-0.25, -0.2) is 6.92 Å². The molecule has 0 saturated heterocycles. The maximum atomic E-state index is 12.4. The van der Waals surface area contributed by atoms with E-state index in [0.717, 1.165) is 30.4 Å². The Kier molecular flexibility index (Phi) is 7.57. The van der Waals surface area contributed by atoms with Crippen LogP contribution in [0.2, 0.25) is 0 Å². The monoisotopic (exact) mass is 631 g/mol. The van der Waals surface area contributed by atoms with E-state index in [4.69, 9.17) is 4.84 Å². The second-order valence-corrected chi connectivity index (χ2v) is 8.21. The summed E-state index contributed by atoms with van der Waals surface area (Å²) in [6, 6.07) is 5.50. The molecular formula is C22H26F3NO2U. The van der Waals surface area contributed by atoms with Gasteiger partial charge in [-0.05, 0) is 17.7 Å². The molecule has 3 aliphatic carbocycles. The Labute approximate surface area is 194 Å². The minimum atomic E-state index is -4.72. The Morgan fingerprint density at radius 1 is 1.07 bits per heavy atom. The number of hydrogen-bond donors (Lipinski definition) is 1. The minimum absolute atomic E-state index is 0. The van der Waals surface area contributed by atoms with Gasteiger partial charge in [0.1, 0.15) is 5.75 Å². The first kappa shape index (κ1) is 22.9. The normalized spacial score (nSPS) is 28.2. The maximum Gasteiger partial charge on any atom is 2.00 e. The fraction of sp³-hybridized carbons (Fsp3) is 0.545. The van der Waals surface area contributed by atoms with Crippen molar-refractivity contribution in [3.63, 3.8) is 0 Å². The number of nitrogens with one attached hydrogen (secondary N) is 1. The molecule has 2 bridgehead atoms. The van der Waals surface area contributed by atoms with Crippen LogP contribution < -0.4 is 10.2 Å². The van der Waals surface area contributed by atoms with E-state index in [1.807, 2.05) is 0 Å². The van der Waals surface area contributed by atoms with E-state index >= 15 is 0 Å². The summed E-state index contributed by atoms with van der Waals surface area (Å²) in [5.74, 6) is 3.06. The SMILES string of the molecule is [CH-]1CC2CCC(C1)C2.[CH2-]C1=C(C2CC2)ONC1c1ccccc1OC(F)(F)F.[U+2]. The predicted molar refractivity (Wildman–Crippen MR) is 99.6 cm³/mol. The number of ether oxygens (including phenoxy) is 1. The number of fused-ring (bicyclic) bond motifs is 2. The molecule has 3 fully saturated rings. The summed E-state index contributed by atoms with van der Waals surface area (Å²) in [6.07, 6.45) is 7.30. The molecule has 3 saturated carbocycles. The summed E-state index contributed by atoms with van der Waals surface area (Å²) >= 11 is 0. The van der Waals surface area contributed by atoms with E-state index in [2.05, 4.69) is 23.6 Å². The number of para-hydroxylation sites is 1. The molecule has 5 rings (SSSR count). The number of allylic oxidation sites excluding steroid dienone is 1. The molecule has 0 amide bonds. The third kappa shape index (κ3) is 5.89. The Balaban J connectivity index is 0.000000223. The Bertz CT molecular complexity index is 719. The summed E-state index contributed by atoms with van der Waals surface area (Å²) in [6.45, 7) is 3.93. The molecule has 1 aromatic rings. The van der Waals surface area contributed by atoms with Gasteiger partial charge >= 0.3 is 37.5 Å². The van der Waals surface area contributed by atoms with Gasteiger partial charge in [-0.1, -0.05) is 62.1 Å². The zero-order valence-electron chi connectivity index (χ0n) is 16.3.